The smallest absolute Gasteiger partial charge is 0.756 e. The predicted octanol–water partition coefficient (Wildman–Crippen LogP) is -1.93. The molecule has 0 saturated heterocycles. The first-order valence-corrected chi connectivity index (χ1v) is 12.6. The summed E-state index contributed by atoms with van der Waals surface area (Å²) in [6, 6.07) is 0. The summed E-state index contributed by atoms with van der Waals surface area (Å²) in [5.41, 5.74) is -6.93. The molecule has 4 saturated carbocycles. The molecule has 11 atom stereocenters. The van der Waals surface area contributed by atoms with Gasteiger partial charge in [0, 0.05) is 22.2 Å². The molecule has 3 N–H and O–H groups in total. The Kier molecular flexibility index (Phi) is 5.77. The van der Waals surface area contributed by atoms with Gasteiger partial charge in [-0.1, -0.05) is 26.8 Å². The number of hydrogen-bond acceptors (Lipinski definition) is 7. The van der Waals surface area contributed by atoms with Gasteiger partial charge in [-0.2, -0.15) is 0 Å². The van der Waals surface area contributed by atoms with Crippen LogP contribution in [-0.4, -0.2) is 50.7 Å². The second-order valence-corrected chi connectivity index (χ2v) is 12.3. The minimum Gasteiger partial charge on any atom is -0.756 e. The average Bonchev–Trinajstić information content (AvgIpc) is 2.98. The van der Waals surface area contributed by atoms with Crippen molar-refractivity contribution in [1.29, 1.82) is 0 Å². The van der Waals surface area contributed by atoms with Gasteiger partial charge in [0.05, 0.1) is 6.10 Å². The molecule has 178 valence electrons. The van der Waals surface area contributed by atoms with E-state index in [-0.39, 0.29) is 41.8 Å². The molecule has 0 aromatic rings. The predicted molar refractivity (Wildman–Crippen MR) is 106 cm³/mol. The van der Waals surface area contributed by atoms with Crippen LogP contribution in [0.3, 0.4) is 0 Å². The Labute approximate surface area is 213 Å². The molecule has 1 spiro atoms. The number of rotatable bonds is 4. The van der Waals surface area contributed by atoms with Crippen LogP contribution in [0.1, 0.15) is 46.5 Å². The molecule has 4 fully saturated rings. The van der Waals surface area contributed by atoms with E-state index in [1.807, 2.05) is 6.08 Å². The number of hydrogen-bond donors (Lipinski definition) is 3. The molecular formula is C22H29FNaO8P. The average molecular weight is 494 g/mol. The van der Waals surface area contributed by atoms with Crippen LogP contribution in [0.15, 0.2) is 12.2 Å². The molecule has 0 aromatic carbocycles. The van der Waals surface area contributed by atoms with Crippen LogP contribution in [0.2, 0.25) is 0 Å². The number of halogens is 1. The van der Waals surface area contributed by atoms with Gasteiger partial charge in [-0.05, 0) is 49.5 Å². The topological polar surface area (TPSA) is 144 Å². The number of Topliss-reactive ketones (excluding diaryl/α,β-unsaturated/α-hetero) is 1. The fourth-order valence-corrected chi connectivity index (χ4v) is 9.24. The number of allylic oxidation sites excluding steroid dienone is 2. The quantitative estimate of drug-likeness (QED) is 0.303. The number of alkyl halides is 1. The van der Waals surface area contributed by atoms with E-state index in [1.54, 1.807) is 20.8 Å². The molecule has 0 amide bonds. The Balaban J connectivity index is 0.00000259. The van der Waals surface area contributed by atoms with E-state index >= 15 is 4.39 Å². The molecule has 33 heavy (non-hydrogen) atoms. The van der Waals surface area contributed by atoms with E-state index < -0.39 is 77.5 Å². The third kappa shape index (κ3) is 2.78. The van der Waals surface area contributed by atoms with Crippen molar-refractivity contribution < 1.29 is 72.6 Å². The van der Waals surface area contributed by atoms with Crippen molar-refractivity contribution in [3.05, 3.63) is 12.2 Å². The third-order valence-electron chi connectivity index (χ3n) is 10.4. The number of aliphatic hydroxyl groups excluding tert-OH is 1. The fourth-order valence-electron chi connectivity index (χ4n) is 8.96. The van der Waals surface area contributed by atoms with Crippen molar-refractivity contribution >= 4 is 19.4 Å². The molecule has 5 aliphatic carbocycles. The third-order valence-corrected chi connectivity index (χ3v) is 10.8. The summed E-state index contributed by atoms with van der Waals surface area (Å²) in [7, 11) is -5.17. The van der Waals surface area contributed by atoms with Gasteiger partial charge < -0.3 is 24.5 Å². The Morgan fingerprint density at radius 3 is 2.61 bits per heavy atom. The molecule has 0 heterocycles. The summed E-state index contributed by atoms with van der Waals surface area (Å²) in [5, 5.41) is 22.8. The Bertz CT molecular complexity index is 1000. The zero-order valence-electron chi connectivity index (χ0n) is 19.3. The van der Waals surface area contributed by atoms with Crippen LogP contribution in [0, 0.1) is 39.9 Å². The minimum absolute atomic E-state index is 0. The second-order valence-electron chi connectivity index (χ2n) is 11.1. The molecule has 0 bridgehead atoms. The molecule has 11 heteroatoms. The maximum absolute atomic E-state index is 17.1. The Morgan fingerprint density at radius 1 is 1.36 bits per heavy atom. The fraction of sp³-hybridized carbons (Fsp3) is 0.818. The number of ketones is 2. The molecule has 0 radical (unpaired) electrons. The molecule has 5 rings (SSSR count). The van der Waals surface area contributed by atoms with Gasteiger partial charge in [-0.15, -0.1) is 0 Å². The van der Waals surface area contributed by atoms with Crippen LogP contribution in [0.25, 0.3) is 0 Å². The van der Waals surface area contributed by atoms with Crippen LogP contribution < -0.4 is 34.5 Å². The van der Waals surface area contributed by atoms with Gasteiger partial charge in [-0.25, -0.2) is 4.39 Å². The van der Waals surface area contributed by atoms with Crippen LogP contribution in [0.4, 0.5) is 4.39 Å². The molecule has 5 aliphatic rings. The first-order chi connectivity index (χ1) is 14.6. The van der Waals surface area contributed by atoms with E-state index in [0.29, 0.717) is 19.3 Å². The van der Waals surface area contributed by atoms with E-state index in [1.165, 1.54) is 6.08 Å². The zero-order chi connectivity index (χ0) is 23.7. The monoisotopic (exact) mass is 494 g/mol. The minimum atomic E-state index is -5.17. The molecule has 8 nitrogen and oxygen atoms in total. The second kappa shape index (κ2) is 7.30. The largest absolute Gasteiger partial charge is 1.00 e. The van der Waals surface area contributed by atoms with Crippen molar-refractivity contribution in [2.75, 3.05) is 6.61 Å². The number of carbonyl (C=O) groups is 2. The maximum Gasteiger partial charge on any atom is 1.00 e. The van der Waals surface area contributed by atoms with Crippen molar-refractivity contribution in [2.45, 2.75) is 63.8 Å². The summed E-state index contributed by atoms with van der Waals surface area (Å²) < 4.78 is 32.3. The normalized spacial score (nSPS) is 55.5. The summed E-state index contributed by atoms with van der Waals surface area (Å²) in [6.07, 6.45) is 2.94. The van der Waals surface area contributed by atoms with Crippen molar-refractivity contribution in [3.63, 3.8) is 0 Å². The summed E-state index contributed by atoms with van der Waals surface area (Å²) in [4.78, 5) is 45.3. The van der Waals surface area contributed by atoms with Crippen molar-refractivity contribution in [1.82, 2.24) is 0 Å². The summed E-state index contributed by atoms with van der Waals surface area (Å²) in [6.45, 7) is 3.99. The first kappa shape index (κ1) is 26.1. The maximum atomic E-state index is 17.1. The van der Waals surface area contributed by atoms with E-state index in [9.17, 15) is 29.3 Å². The number of fused-ring (bicyclic) bond motifs is 5. The van der Waals surface area contributed by atoms with Crippen LogP contribution in [-0.2, 0) is 18.7 Å². The number of carbonyl (C=O) groups excluding carboxylic acids is 2. The van der Waals surface area contributed by atoms with Gasteiger partial charge in [0.15, 0.2) is 11.6 Å². The number of phosphoric ester groups is 1. The summed E-state index contributed by atoms with van der Waals surface area (Å²) in [5.74, 6) is -3.28. The van der Waals surface area contributed by atoms with E-state index in [4.69, 9.17) is 4.89 Å². The van der Waals surface area contributed by atoms with Crippen molar-refractivity contribution in [2.24, 2.45) is 39.9 Å². The molecular weight excluding hydrogens is 465 g/mol. The number of aliphatic hydroxyl groups is 2. The van der Waals surface area contributed by atoms with Gasteiger partial charge in [0.25, 0.3) is 7.82 Å². The standard InChI is InChI=1S/C22H30FO8P.Na/c1-11-8-13-12-4-6-20-7-5-14(24)17(20)19(20,3)21(12,23)15(25)9-18(13,2)22(11,27)16(26)10-31-32(28,29)30;/h5,7,11-13,15,17,25,27H,4,6,8-10H2,1-3H3,(H2,28,29,30);/q;+1/p-1/t11-,12-,13-,15-,17?,18-,19-,20?,21-,22-;/m0./s1. The van der Waals surface area contributed by atoms with Crippen LogP contribution in [0.5, 0.6) is 0 Å². The van der Waals surface area contributed by atoms with Gasteiger partial charge in [0.1, 0.15) is 17.9 Å². The molecule has 0 aromatic heterocycles. The Morgan fingerprint density at radius 2 is 2.00 bits per heavy atom. The number of phosphoric acid groups is 1. The summed E-state index contributed by atoms with van der Waals surface area (Å²) >= 11 is 0. The Hall–Kier alpha value is 0.0400. The van der Waals surface area contributed by atoms with Gasteiger partial charge in [0.2, 0.25) is 0 Å². The zero-order valence-corrected chi connectivity index (χ0v) is 22.2. The van der Waals surface area contributed by atoms with E-state index in [2.05, 4.69) is 4.52 Å². The molecule has 3 unspecified atom stereocenters. The van der Waals surface area contributed by atoms with Crippen molar-refractivity contribution in [3.8, 4) is 0 Å². The van der Waals surface area contributed by atoms with Crippen LogP contribution >= 0.6 is 7.82 Å². The van der Waals surface area contributed by atoms with Gasteiger partial charge in [-0.3, -0.25) is 14.2 Å². The van der Waals surface area contributed by atoms with E-state index in [0.717, 1.165) is 0 Å². The SMILES string of the molecule is C[C@H]1C[C@H]2[C@@H]3CCC45C=CC(=O)C4[C@]5(C)[C@@]3(F)[C@@H](O)C[C@]2(C)[C@@]1(O)C(=O)COP(=O)([O-])O.[Na+]. The molecule has 0 aliphatic heterocycles. The first-order valence-electron chi connectivity index (χ1n) is 11.2. The van der Waals surface area contributed by atoms with Gasteiger partial charge >= 0.3 is 29.6 Å².